The van der Waals surface area contributed by atoms with Crippen LogP contribution in [0.3, 0.4) is 0 Å². The number of hydrogen-bond donors (Lipinski definition) is 2. The fourth-order valence-electron chi connectivity index (χ4n) is 2.67. The van der Waals surface area contributed by atoms with Gasteiger partial charge in [0.15, 0.2) is 5.96 Å². The molecule has 0 radical (unpaired) electrons. The molecule has 0 saturated carbocycles. The molecule has 2 N–H and O–H groups in total. The zero-order valence-corrected chi connectivity index (χ0v) is 18.0. The van der Waals surface area contributed by atoms with Gasteiger partial charge < -0.3 is 15.5 Å². The second kappa shape index (κ2) is 10.2. The van der Waals surface area contributed by atoms with Gasteiger partial charge in [0.2, 0.25) is 0 Å². The summed E-state index contributed by atoms with van der Waals surface area (Å²) in [5.74, 6) is -0.643. The topological polar surface area (TPSA) is 73.8 Å². The van der Waals surface area contributed by atoms with E-state index in [4.69, 9.17) is 0 Å². The molecule has 1 heterocycles. The van der Waals surface area contributed by atoms with Crippen molar-refractivity contribution in [1.29, 1.82) is 0 Å². The van der Waals surface area contributed by atoms with Crippen LogP contribution in [0.15, 0.2) is 23.2 Å². The summed E-state index contributed by atoms with van der Waals surface area (Å²) in [4.78, 5) is 6.12. The first kappa shape index (κ1) is 22.9. The van der Waals surface area contributed by atoms with E-state index in [2.05, 4.69) is 15.6 Å². The van der Waals surface area contributed by atoms with E-state index in [0.29, 0.717) is 31.3 Å². The maximum Gasteiger partial charge on any atom is 0.191 e. The van der Waals surface area contributed by atoms with Crippen LogP contribution < -0.4 is 15.5 Å². The average molecular weight is 502 g/mol. The number of nitrogens with zero attached hydrogens (tertiary/aromatic N) is 2. The average Bonchev–Trinajstić information content (AvgIpc) is 2.94. The monoisotopic (exact) mass is 502 g/mol. The van der Waals surface area contributed by atoms with E-state index < -0.39 is 21.5 Å². The van der Waals surface area contributed by atoms with Crippen molar-refractivity contribution in [2.24, 2.45) is 4.99 Å². The maximum atomic E-state index is 13.9. The van der Waals surface area contributed by atoms with Crippen molar-refractivity contribution in [3.63, 3.8) is 0 Å². The number of sulfone groups is 1. The highest BCUT2D eigenvalue weighted by Gasteiger charge is 2.25. The molecule has 1 aromatic carbocycles. The van der Waals surface area contributed by atoms with Crippen molar-refractivity contribution >= 4 is 45.5 Å². The van der Waals surface area contributed by atoms with Crippen molar-refractivity contribution in [2.75, 3.05) is 43.1 Å². The highest BCUT2D eigenvalue weighted by Crippen LogP contribution is 2.24. The summed E-state index contributed by atoms with van der Waals surface area (Å²) in [6.45, 7) is 3.94. The van der Waals surface area contributed by atoms with Crippen molar-refractivity contribution in [2.45, 2.75) is 19.4 Å². The van der Waals surface area contributed by atoms with Gasteiger partial charge in [-0.3, -0.25) is 4.99 Å². The molecule has 1 fully saturated rings. The van der Waals surface area contributed by atoms with Gasteiger partial charge >= 0.3 is 0 Å². The lowest BCUT2D eigenvalue weighted by Crippen LogP contribution is -2.44. The smallest absolute Gasteiger partial charge is 0.191 e. The molecule has 0 aromatic heterocycles. The van der Waals surface area contributed by atoms with E-state index >= 15 is 0 Å². The van der Waals surface area contributed by atoms with Crippen molar-refractivity contribution < 1.29 is 17.2 Å². The normalized spacial score (nSPS) is 17.8. The Morgan fingerprint density at radius 3 is 2.73 bits per heavy atom. The predicted octanol–water partition coefficient (Wildman–Crippen LogP) is 1.76. The first-order valence-corrected chi connectivity index (χ1v) is 10.3. The van der Waals surface area contributed by atoms with Crippen molar-refractivity contribution in [3.05, 3.63) is 29.8 Å². The van der Waals surface area contributed by atoms with Gasteiger partial charge in [-0.05, 0) is 25.5 Å². The minimum atomic E-state index is -3.06. The standard InChI is InChI=1S/C16H24F2N4O2S.HI/c1-3-19-16(20-7-9-25(2,23)24)21-13-6-8-22(11-13)15-5-4-12(17)10-14(15)18;/h4-5,10,13H,3,6-9,11H2,1-2H3,(H2,19,20,21);1H. The molecule has 0 aliphatic carbocycles. The van der Waals surface area contributed by atoms with Gasteiger partial charge in [-0.1, -0.05) is 0 Å². The number of anilines is 1. The summed E-state index contributed by atoms with van der Waals surface area (Å²) >= 11 is 0. The molecular formula is C16H25F2IN4O2S. The molecule has 10 heteroatoms. The van der Waals surface area contributed by atoms with E-state index in [1.165, 1.54) is 18.4 Å². The molecule has 6 nitrogen and oxygen atoms in total. The molecule has 1 saturated heterocycles. The van der Waals surface area contributed by atoms with Gasteiger partial charge in [-0.2, -0.15) is 0 Å². The van der Waals surface area contributed by atoms with E-state index in [9.17, 15) is 17.2 Å². The second-order valence-electron chi connectivity index (χ2n) is 6.06. The SMILES string of the molecule is CCNC(=NCCS(C)(=O)=O)NC1CCN(c2ccc(F)cc2F)C1.I. The van der Waals surface area contributed by atoms with Crippen LogP contribution in [-0.2, 0) is 9.84 Å². The Balaban J connectivity index is 0.00000338. The molecule has 0 spiro atoms. The molecule has 1 aromatic rings. The van der Waals surface area contributed by atoms with Gasteiger partial charge in [0.1, 0.15) is 21.5 Å². The molecule has 148 valence electrons. The minimum Gasteiger partial charge on any atom is -0.367 e. The van der Waals surface area contributed by atoms with Gasteiger partial charge in [0, 0.05) is 38.0 Å². The lowest BCUT2D eigenvalue weighted by molar-refractivity contribution is 0.580. The van der Waals surface area contributed by atoms with Crippen LogP contribution in [0.25, 0.3) is 0 Å². The zero-order chi connectivity index (χ0) is 18.4. The molecule has 1 aliphatic heterocycles. The van der Waals surface area contributed by atoms with E-state index in [-0.39, 0.29) is 42.3 Å². The largest absolute Gasteiger partial charge is 0.367 e. The number of nitrogens with one attached hydrogen (secondary N) is 2. The van der Waals surface area contributed by atoms with Crippen LogP contribution in [0.1, 0.15) is 13.3 Å². The summed E-state index contributed by atoms with van der Waals surface area (Å²) in [6.07, 6.45) is 1.95. The van der Waals surface area contributed by atoms with Crippen LogP contribution in [-0.4, -0.2) is 58.6 Å². The van der Waals surface area contributed by atoms with Gasteiger partial charge in [0.05, 0.1) is 18.0 Å². The third kappa shape index (κ3) is 7.22. The van der Waals surface area contributed by atoms with Gasteiger partial charge in [0.25, 0.3) is 0 Å². The molecule has 0 amide bonds. The van der Waals surface area contributed by atoms with Crippen molar-refractivity contribution in [1.82, 2.24) is 10.6 Å². The number of aliphatic imine (C=N–C) groups is 1. The predicted molar refractivity (Wildman–Crippen MR) is 111 cm³/mol. The van der Waals surface area contributed by atoms with Crippen molar-refractivity contribution in [3.8, 4) is 0 Å². The Morgan fingerprint density at radius 2 is 2.12 bits per heavy atom. The molecule has 2 rings (SSSR count). The van der Waals surface area contributed by atoms with Crippen LogP contribution in [0.2, 0.25) is 0 Å². The van der Waals surface area contributed by atoms with Crippen LogP contribution in [0.5, 0.6) is 0 Å². The lowest BCUT2D eigenvalue weighted by atomic mass is 10.2. The van der Waals surface area contributed by atoms with Gasteiger partial charge in [-0.15, -0.1) is 24.0 Å². The summed E-state index contributed by atoms with van der Waals surface area (Å²) in [5, 5.41) is 6.31. The molecule has 1 aliphatic rings. The molecule has 26 heavy (non-hydrogen) atoms. The van der Waals surface area contributed by atoms with Crippen LogP contribution in [0, 0.1) is 11.6 Å². The Bertz CT molecular complexity index is 731. The second-order valence-corrected chi connectivity index (χ2v) is 8.32. The van der Waals surface area contributed by atoms with Crippen LogP contribution in [0.4, 0.5) is 14.5 Å². The number of hydrogen-bond acceptors (Lipinski definition) is 4. The fourth-order valence-corrected chi connectivity index (χ4v) is 3.09. The van der Waals surface area contributed by atoms with E-state index in [0.717, 1.165) is 12.5 Å². The number of halogens is 3. The maximum absolute atomic E-state index is 13.9. The highest BCUT2D eigenvalue weighted by atomic mass is 127. The molecular weight excluding hydrogens is 477 g/mol. The number of guanidine groups is 1. The molecule has 1 unspecified atom stereocenters. The van der Waals surface area contributed by atoms with E-state index in [1.54, 1.807) is 0 Å². The quantitative estimate of drug-likeness (QED) is 0.353. The molecule has 0 bridgehead atoms. The fraction of sp³-hybridized carbons (Fsp3) is 0.562. The Morgan fingerprint density at radius 1 is 1.38 bits per heavy atom. The molecule has 1 atom stereocenters. The third-order valence-electron chi connectivity index (χ3n) is 3.86. The Kier molecular flexibility index (Phi) is 9.01. The number of rotatable bonds is 6. The van der Waals surface area contributed by atoms with Gasteiger partial charge in [-0.25, -0.2) is 17.2 Å². The minimum absolute atomic E-state index is 0. The highest BCUT2D eigenvalue weighted by molar-refractivity contribution is 14.0. The summed E-state index contributed by atoms with van der Waals surface area (Å²) in [7, 11) is -3.06. The third-order valence-corrected chi connectivity index (χ3v) is 4.78. The summed E-state index contributed by atoms with van der Waals surface area (Å²) in [6, 6.07) is 3.61. The Labute approximate surface area is 170 Å². The van der Waals surface area contributed by atoms with Crippen LogP contribution >= 0.6 is 24.0 Å². The summed E-state index contributed by atoms with van der Waals surface area (Å²) in [5.41, 5.74) is 0.379. The zero-order valence-electron chi connectivity index (χ0n) is 14.8. The number of benzene rings is 1. The van der Waals surface area contributed by atoms with E-state index in [1.807, 2.05) is 11.8 Å². The summed E-state index contributed by atoms with van der Waals surface area (Å²) < 4.78 is 49.3. The first-order valence-electron chi connectivity index (χ1n) is 8.21. The lowest BCUT2D eigenvalue weighted by Gasteiger charge is -2.21. The first-order chi connectivity index (χ1) is 11.8. The Hall–Kier alpha value is -1.17.